The third-order valence-corrected chi connectivity index (χ3v) is 4.13. The second-order valence-electron chi connectivity index (χ2n) is 5.97. The normalized spacial score (nSPS) is 21.9. The van der Waals surface area contributed by atoms with Gasteiger partial charge in [-0.1, -0.05) is 38.5 Å². The lowest BCUT2D eigenvalue weighted by molar-refractivity contribution is -0.117. The molecule has 1 aromatic rings. The van der Waals surface area contributed by atoms with E-state index in [0.717, 1.165) is 30.3 Å². The summed E-state index contributed by atoms with van der Waals surface area (Å²) in [6, 6.07) is 8.04. The number of anilines is 1. The van der Waals surface area contributed by atoms with Crippen LogP contribution in [0.25, 0.3) is 0 Å². The largest absolute Gasteiger partial charge is 0.326 e. The molecule has 2 N–H and O–H groups in total. The predicted molar refractivity (Wildman–Crippen MR) is 83.6 cm³/mol. The first-order chi connectivity index (χ1) is 9.69. The summed E-state index contributed by atoms with van der Waals surface area (Å²) in [5, 5.41) is 6.39. The lowest BCUT2D eigenvalue weighted by atomic mass is 10.0. The van der Waals surface area contributed by atoms with E-state index in [1.54, 1.807) is 0 Å². The highest BCUT2D eigenvalue weighted by Crippen LogP contribution is 2.32. The molecule has 3 nitrogen and oxygen atoms in total. The summed E-state index contributed by atoms with van der Waals surface area (Å²) in [4.78, 5) is 12.2. The second kappa shape index (κ2) is 7.44. The van der Waals surface area contributed by atoms with Crippen LogP contribution in [0.15, 0.2) is 24.3 Å². The van der Waals surface area contributed by atoms with E-state index in [2.05, 4.69) is 30.5 Å². The first-order valence-electron chi connectivity index (χ1n) is 7.77. The van der Waals surface area contributed by atoms with E-state index in [1.165, 1.54) is 19.3 Å². The average molecular weight is 274 g/mol. The van der Waals surface area contributed by atoms with Gasteiger partial charge < -0.3 is 10.6 Å². The first kappa shape index (κ1) is 15.0. The third-order valence-electron chi connectivity index (χ3n) is 4.13. The van der Waals surface area contributed by atoms with Crippen molar-refractivity contribution in [3.8, 4) is 0 Å². The van der Waals surface area contributed by atoms with E-state index in [9.17, 15) is 4.79 Å². The van der Waals surface area contributed by atoms with E-state index in [-0.39, 0.29) is 5.91 Å². The van der Waals surface area contributed by atoms with Gasteiger partial charge in [-0.05, 0) is 42.9 Å². The molecule has 2 unspecified atom stereocenters. The van der Waals surface area contributed by atoms with Crippen LogP contribution in [0.2, 0.25) is 0 Å². The van der Waals surface area contributed by atoms with E-state index in [1.807, 2.05) is 18.2 Å². The molecule has 0 bridgehead atoms. The summed E-state index contributed by atoms with van der Waals surface area (Å²) in [5.74, 6) is 1.52. The maximum Gasteiger partial charge on any atom is 0.224 e. The Morgan fingerprint density at radius 1 is 1.30 bits per heavy atom. The van der Waals surface area contributed by atoms with Gasteiger partial charge in [0.25, 0.3) is 0 Å². The van der Waals surface area contributed by atoms with Gasteiger partial charge in [-0.15, -0.1) is 0 Å². The number of benzene rings is 1. The van der Waals surface area contributed by atoms with Crippen molar-refractivity contribution in [2.45, 2.75) is 46.1 Å². The van der Waals surface area contributed by atoms with Crippen LogP contribution in [-0.2, 0) is 11.3 Å². The lowest BCUT2D eigenvalue weighted by Gasteiger charge is -2.13. The van der Waals surface area contributed by atoms with Gasteiger partial charge in [-0.2, -0.15) is 0 Å². The molecular formula is C17H26N2O. The Balaban J connectivity index is 1.90. The minimum absolute atomic E-state index is 0.160. The number of amides is 1. The van der Waals surface area contributed by atoms with Crippen molar-refractivity contribution in [2.75, 3.05) is 11.9 Å². The van der Waals surface area contributed by atoms with Crippen LogP contribution in [0.4, 0.5) is 5.69 Å². The van der Waals surface area contributed by atoms with Crippen LogP contribution < -0.4 is 10.6 Å². The van der Waals surface area contributed by atoms with Crippen LogP contribution in [-0.4, -0.2) is 12.5 Å². The fourth-order valence-electron chi connectivity index (χ4n) is 3.03. The van der Waals surface area contributed by atoms with Crippen LogP contribution in [0, 0.1) is 11.8 Å². The summed E-state index contributed by atoms with van der Waals surface area (Å²) >= 11 is 0. The number of nitrogens with one attached hydrogen (secondary N) is 2. The van der Waals surface area contributed by atoms with Gasteiger partial charge in [0.05, 0.1) is 0 Å². The molecule has 0 aromatic heterocycles. The highest BCUT2D eigenvalue weighted by Gasteiger charge is 2.23. The fraction of sp³-hybridized carbons (Fsp3) is 0.588. The molecule has 2 rings (SSSR count). The van der Waals surface area contributed by atoms with E-state index in [4.69, 9.17) is 0 Å². The summed E-state index contributed by atoms with van der Waals surface area (Å²) in [7, 11) is 0. The Kier molecular flexibility index (Phi) is 5.60. The molecule has 0 saturated heterocycles. The van der Waals surface area contributed by atoms with Gasteiger partial charge in [0.1, 0.15) is 0 Å². The topological polar surface area (TPSA) is 41.1 Å². The summed E-state index contributed by atoms with van der Waals surface area (Å²) in [5.41, 5.74) is 2.10. The molecule has 0 aliphatic heterocycles. The number of hydrogen-bond acceptors (Lipinski definition) is 2. The Morgan fingerprint density at radius 3 is 2.80 bits per heavy atom. The van der Waals surface area contributed by atoms with Gasteiger partial charge in [-0.3, -0.25) is 4.79 Å². The van der Waals surface area contributed by atoms with Gasteiger partial charge in [-0.25, -0.2) is 0 Å². The van der Waals surface area contributed by atoms with Crippen LogP contribution in [0.1, 0.15) is 45.1 Å². The van der Waals surface area contributed by atoms with Crippen LogP contribution >= 0.6 is 0 Å². The zero-order chi connectivity index (χ0) is 14.4. The molecule has 110 valence electrons. The fourth-order valence-corrected chi connectivity index (χ4v) is 3.03. The Labute approximate surface area is 122 Å². The monoisotopic (exact) mass is 274 g/mol. The summed E-state index contributed by atoms with van der Waals surface area (Å²) in [6.07, 6.45) is 4.34. The SMILES string of the molecule is CCNCc1ccccc1NC(=O)CC1CCC(C)C1. The summed E-state index contributed by atoms with van der Waals surface area (Å²) in [6.45, 7) is 6.10. The Hall–Kier alpha value is -1.35. The maximum absolute atomic E-state index is 12.2. The smallest absolute Gasteiger partial charge is 0.224 e. The molecule has 1 saturated carbocycles. The Bertz CT molecular complexity index is 444. The molecule has 1 fully saturated rings. The van der Waals surface area contributed by atoms with Crippen molar-refractivity contribution in [1.82, 2.24) is 5.32 Å². The van der Waals surface area contributed by atoms with Gasteiger partial charge >= 0.3 is 0 Å². The Morgan fingerprint density at radius 2 is 2.10 bits per heavy atom. The number of carbonyl (C=O) groups excluding carboxylic acids is 1. The van der Waals surface area contributed by atoms with Crippen LogP contribution in [0.5, 0.6) is 0 Å². The van der Waals surface area contributed by atoms with Gasteiger partial charge in [0.2, 0.25) is 5.91 Å². The number of hydrogen-bond donors (Lipinski definition) is 2. The molecule has 0 heterocycles. The predicted octanol–water partition coefficient (Wildman–Crippen LogP) is 3.56. The zero-order valence-electron chi connectivity index (χ0n) is 12.6. The average Bonchev–Trinajstić information content (AvgIpc) is 2.83. The zero-order valence-corrected chi connectivity index (χ0v) is 12.6. The highest BCUT2D eigenvalue weighted by molar-refractivity contribution is 5.91. The second-order valence-corrected chi connectivity index (χ2v) is 5.97. The minimum atomic E-state index is 0.160. The van der Waals surface area contributed by atoms with E-state index in [0.29, 0.717) is 12.3 Å². The van der Waals surface area contributed by atoms with Gasteiger partial charge in [0.15, 0.2) is 0 Å². The van der Waals surface area contributed by atoms with Gasteiger partial charge in [0, 0.05) is 18.7 Å². The van der Waals surface area contributed by atoms with Crippen molar-refractivity contribution in [3.63, 3.8) is 0 Å². The number of para-hydroxylation sites is 1. The van der Waals surface area contributed by atoms with Crippen molar-refractivity contribution < 1.29 is 4.79 Å². The molecule has 1 amide bonds. The van der Waals surface area contributed by atoms with Crippen molar-refractivity contribution in [3.05, 3.63) is 29.8 Å². The molecule has 1 aliphatic carbocycles. The van der Waals surface area contributed by atoms with E-state index < -0.39 is 0 Å². The minimum Gasteiger partial charge on any atom is -0.326 e. The molecule has 1 aliphatic rings. The maximum atomic E-state index is 12.2. The van der Waals surface area contributed by atoms with Crippen LogP contribution in [0.3, 0.4) is 0 Å². The molecule has 3 heteroatoms. The lowest BCUT2D eigenvalue weighted by Crippen LogP contribution is -2.18. The number of carbonyl (C=O) groups is 1. The highest BCUT2D eigenvalue weighted by atomic mass is 16.1. The molecule has 20 heavy (non-hydrogen) atoms. The molecule has 0 spiro atoms. The molecular weight excluding hydrogens is 248 g/mol. The third kappa shape index (κ3) is 4.34. The number of rotatable bonds is 6. The quantitative estimate of drug-likeness (QED) is 0.832. The molecule has 1 aromatic carbocycles. The molecule has 0 radical (unpaired) electrons. The summed E-state index contributed by atoms with van der Waals surface area (Å²) < 4.78 is 0. The van der Waals surface area contributed by atoms with Crippen molar-refractivity contribution >= 4 is 11.6 Å². The van der Waals surface area contributed by atoms with Crippen molar-refractivity contribution in [1.29, 1.82) is 0 Å². The van der Waals surface area contributed by atoms with E-state index >= 15 is 0 Å². The molecule has 2 atom stereocenters. The first-order valence-corrected chi connectivity index (χ1v) is 7.77. The standard InChI is InChI=1S/C17H26N2O/c1-3-18-12-15-6-4-5-7-16(15)19-17(20)11-14-9-8-13(2)10-14/h4-7,13-14,18H,3,8-12H2,1-2H3,(H,19,20). The van der Waals surface area contributed by atoms with Crippen molar-refractivity contribution in [2.24, 2.45) is 11.8 Å².